The zero-order valence-corrected chi connectivity index (χ0v) is 54.3. The summed E-state index contributed by atoms with van der Waals surface area (Å²) in [6.45, 7) is 3.85. The van der Waals surface area contributed by atoms with E-state index >= 15 is 0 Å². The number of ketones is 2. The van der Waals surface area contributed by atoms with Crippen LogP contribution in [0.4, 0.5) is 5.82 Å². The molecule has 0 bridgehead atoms. The van der Waals surface area contributed by atoms with Crippen LogP contribution in [0.3, 0.4) is 0 Å². The van der Waals surface area contributed by atoms with Crippen molar-refractivity contribution >= 4 is 93.3 Å². The highest BCUT2D eigenvalue weighted by molar-refractivity contribution is 9.10. The first kappa shape index (κ1) is 74.5. The van der Waals surface area contributed by atoms with Gasteiger partial charge in [-0.15, -0.1) is 0 Å². The Morgan fingerprint density at radius 1 is 0.711 bits per heavy atom. The maximum absolute atomic E-state index is 14.4. The number of unbranched alkanes of at least 4 members (excludes halogenated alkanes) is 13. The Hall–Kier alpha value is -6.19. The molecule has 1 saturated heterocycles. The first-order valence-electron chi connectivity index (χ1n) is 31.2. The fraction of sp³-hybridized carbons (Fsp3) is 0.645. The number of nitrogens with zero attached hydrogens (tertiary/aromatic N) is 3. The van der Waals surface area contributed by atoms with Crippen molar-refractivity contribution < 1.29 is 91.4 Å². The van der Waals surface area contributed by atoms with Gasteiger partial charge in [-0.05, 0) is 92.1 Å². The summed E-state index contributed by atoms with van der Waals surface area (Å²) < 4.78 is 40.8. The van der Waals surface area contributed by atoms with Crippen molar-refractivity contribution in [2.24, 2.45) is 5.41 Å². The summed E-state index contributed by atoms with van der Waals surface area (Å²) in [6, 6.07) is 5.50. The van der Waals surface area contributed by atoms with Crippen LogP contribution in [0.15, 0.2) is 41.1 Å². The Kier molecular flexibility index (Phi) is 32.5. The highest BCUT2D eigenvalue weighted by Gasteiger charge is 2.67. The predicted octanol–water partition coefficient (Wildman–Crippen LogP) is 7.15. The van der Waals surface area contributed by atoms with Gasteiger partial charge in [0.1, 0.15) is 48.0 Å². The second-order valence-electron chi connectivity index (χ2n) is 23.2. The zero-order valence-electron chi connectivity index (χ0n) is 51.8. The van der Waals surface area contributed by atoms with E-state index in [1.165, 1.54) is 62.3 Å². The van der Waals surface area contributed by atoms with Gasteiger partial charge >= 0.3 is 19.5 Å². The van der Waals surface area contributed by atoms with Gasteiger partial charge in [-0.2, -0.15) is 0 Å². The van der Waals surface area contributed by atoms with Crippen LogP contribution in [0, 0.1) is 12.3 Å². The van der Waals surface area contributed by atoms with Crippen molar-refractivity contribution in [3.8, 4) is 5.75 Å². The highest BCUT2D eigenvalue weighted by atomic mass is 79.9. The number of Topliss-reactive ketones (excluding diaryl/α,β-unsaturated/α-hetero) is 2. The normalized spacial score (nSPS) is 16.3. The fourth-order valence-electron chi connectivity index (χ4n) is 10.9. The summed E-state index contributed by atoms with van der Waals surface area (Å²) in [6.07, 6.45) is 17.2. The lowest BCUT2D eigenvalue weighted by Gasteiger charge is -2.27. The van der Waals surface area contributed by atoms with E-state index in [2.05, 4.69) is 42.2 Å². The summed E-state index contributed by atoms with van der Waals surface area (Å²) in [5.74, 6) is -3.96. The van der Waals surface area contributed by atoms with Gasteiger partial charge in [0, 0.05) is 80.0 Å². The number of carboxylic acid groups (broad SMARTS) is 2. The summed E-state index contributed by atoms with van der Waals surface area (Å²) in [5.41, 5.74) is 0.783. The topological polar surface area (TPSA) is 367 Å². The summed E-state index contributed by atoms with van der Waals surface area (Å²) in [7, 11) is -4.51. The molecule has 90 heavy (non-hydrogen) atoms. The molecule has 5 amide bonds. The minimum absolute atomic E-state index is 0.0528. The number of likely N-dealkylation sites (tertiary alicyclic amines) is 1. The first-order valence-corrected chi connectivity index (χ1v) is 33.8. The Balaban J connectivity index is 0.876. The number of carbonyl (C=O) groups is 9. The minimum atomic E-state index is -4.51. The van der Waals surface area contributed by atoms with Crippen molar-refractivity contribution in [2.45, 2.75) is 180 Å². The molecule has 8 N–H and O–H groups in total. The molecule has 2 aliphatic rings. The minimum Gasteiger partial charge on any atom is -0.481 e. The van der Waals surface area contributed by atoms with E-state index in [-0.39, 0.29) is 140 Å². The SMILES string of the molecule is CC(=O)c1cn(CC(=O)N2[C@H](C(=O)Nc3nc(Br)ccc3C)C[C@@]3(CNC(=O)COCCOCCCC(=O)COCCOCCNC(=O)CC[C@H](NC(=O)CCCCCCCCCCCCCCCCC(=O)O)C(=O)O)C[C@@H]23)c2cc(OCP(=O)(O)O)ccc12. The Morgan fingerprint density at radius 2 is 1.33 bits per heavy atom. The fourth-order valence-corrected chi connectivity index (χ4v) is 11.5. The number of aryl methyl sites for hydroxylation is 1. The number of carbonyl (C=O) groups excluding carboxylic acids is 7. The van der Waals surface area contributed by atoms with E-state index in [9.17, 15) is 62.6 Å². The molecular formula is C62H91BrN7O19P. The van der Waals surface area contributed by atoms with Crippen LogP contribution in [0.25, 0.3) is 10.9 Å². The number of hydrogen-bond donors (Lipinski definition) is 8. The Morgan fingerprint density at radius 3 is 1.97 bits per heavy atom. The molecule has 3 aromatic rings. The van der Waals surface area contributed by atoms with Gasteiger partial charge in [0.2, 0.25) is 29.5 Å². The summed E-state index contributed by atoms with van der Waals surface area (Å²) >= 11 is 3.34. The van der Waals surface area contributed by atoms with Crippen LogP contribution in [-0.2, 0) is 68.4 Å². The number of aliphatic carboxylic acids is 2. The Bertz CT molecular complexity index is 2920. The number of nitrogens with one attached hydrogen (secondary N) is 4. The molecule has 0 radical (unpaired) electrons. The zero-order chi connectivity index (χ0) is 65.5. The van der Waals surface area contributed by atoms with Crippen LogP contribution in [0.2, 0.25) is 0 Å². The number of piperidine rings is 1. The van der Waals surface area contributed by atoms with Crippen molar-refractivity contribution in [3.63, 3.8) is 0 Å². The maximum atomic E-state index is 14.4. The molecule has 3 heterocycles. The van der Waals surface area contributed by atoms with Crippen molar-refractivity contribution in [1.82, 2.24) is 30.4 Å². The van der Waals surface area contributed by atoms with Gasteiger partial charge in [-0.1, -0.05) is 83.1 Å². The maximum Gasteiger partial charge on any atom is 0.362 e. The van der Waals surface area contributed by atoms with Gasteiger partial charge < -0.3 is 74.4 Å². The average Bonchev–Trinajstić information content (AvgIpc) is 1.54. The second kappa shape index (κ2) is 39.3. The lowest BCUT2D eigenvalue weighted by atomic mass is 9.99. The quantitative estimate of drug-likeness (QED) is 0.0120. The van der Waals surface area contributed by atoms with Crippen LogP contribution in [0.5, 0.6) is 5.75 Å². The number of hydrogen-bond acceptors (Lipinski definition) is 16. The van der Waals surface area contributed by atoms with Crippen LogP contribution >= 0.6 is 23.5 Å². The van der Waals surface area contributed by atoms with Crippen LogP contribution in [-0.4, -0.2) is 178 Å². The van der Waals surface area contributed by atoms with E-state index in [1.807, 2.05) is 0 Å². The third-order valence-corrected chi connectivity index (χ3v) is 16.7. The monoisotopic (exact) mass is 1350 g/mol. The van der Waals surface area contributed by atoms with E-state index in [4.69, 9.17) is 28.8 Å². The molecule has 0 unspecified atom stereocenters. The molecule has 1 aromatic carbocycles. The third-order valence-electron chi connectivity index (χ3n) is 15.8. The number of anilines is 1. The highest BCUT2D eigenvalue weighted by Crippen LogP contribution is 2.59. The van der Waals surface area contributed by atoms with E-state index in [0.717, 1.165) is 51.4 Å². The smallest absolute Gasteiger partial charge is 0.362 e. The van der Waals surface area contributed by atoms with Gasteiger partial charge in [0.25, 0.3) is 0 Å². The molecule has 0 spiro atoms. The number of halogens is 1. The number of fused-ring (bicyclic) bond motifs is 2. The number of benzene rings is 1. The third kappa shape index (κ3) is 27.3. The number of amides is 5. The number of aromatic nitrogens is 2. The first-order chi connectivity index (χ1) is 43.1. The average molecular weight is 1350 g/mol. The predicted molar refractivity (Wildman–Crippen MR) is 335 cm³/mol. The number of ether oxygens (including phenoxy) is 5. The molecular weight excluding hydrogens is 1260 g/mol. The van der Waals surface area contributed by atoms with Gasteiger partial charge in [-0.25, -0.2) is 9.78 Å². The standard InChI is InChI=1S/C62H91BrN7O19P/c1-43-21-25-53(63)67-59(43)68-60(79)51-35-62(36-52(62)70(51)57(76)38-69-37-48(44(2)71)47-23-22-46(34-50(47)69)89-42-90(82,83)84)41-65-56(75)40-88-33-30-85-28-17-18-45(72)39-87-32-31-86-29-27-64-54(73)26-24-49(61(80)81)66-55(74)19-15-13-11-9-7-5-3-4-6-8-10-12-14-16-20-58(77)78/h21-23,25,34,37,49,51-52H,3-20,24,26-33,35-36,38-42H2,1-2H3,(H,64,73)(H,65,75)(H,66,74)(H,77,78)(H,80,81)(H,67,68,79)(H2,82,83,84)/t49-,51-,52+,62-/m0/s1. The number of pyridine rings is 1. The van der Waals surface area contributed by atoms with Gasteiger partial charge in [0.05, 0.1) is 38.6 Å². The van der Waals surface area contributed by atoms with Crippen molar-refractivity contribution in [1.29, 1.82) is 0 Å². The summed E-state index contributed by atoms with van der Waals surface area (Å²) in [4.78, 5) is 138. The lowest BCUT2D eigenvalue weighted by molar-refractivity contribution is -0.142. The van der Waals surface area contributed by atoms with Crippen molar-refractivity contribution in [3.05, 3.63) is 52.3 Å². The van der Waals surface area contributed by atoms with Crippen LogP contribution < -0.4 is 26.0 Å². The molecule has 2 aromatic heterocycles. The van der Waals surface area contributed by atoms with E-state index < -0.39 is 67.1 Å². The molecule has 1 aliphatic heterocycles. The molecule has 2 fully saturated rings. The van der Waals surface area contributed by atoms with Gasteiger partial charge in [-0.3, -0.25) is 42.9 Å². The molecule has 1 aliphatic carbocycles. The van der Waals surface area contributed by atoms with Crippen molar-refractivity contribution in [2.75, 3.05) is 77.6 Å². The molecule has 26 nitrogen and oxygen atoms in total. The summed E-state index contributed by atoms with van der Waals surface area (Å²) in [5, 5.41) is 29.7. The van der Waals surface area contributed by atoms with Gasteiger partial charge in [0.15, 0.2) is 17.9 Å². The van der Waals surface area contributed by atoms with E-state index in [1.54, 1.807) is 29.7 Å². The number of carboxylic acids is 2. The lowest BCUT2D eigenvalue weighted by Crippen LogP contribution is -2.46. The second-order valence-corrected chi connectivity index (χ2v) is 25.6. The van der Waals surface area contributed by atoms with Crippen LogP contribution in [0.1, 0.15) is 164 Å². The Labute approximate surface area is 533 Å². The largest absolute Gasteiger partial charge is 0.481 e. The molecule has 4 atom stereocenters. The van der Waals surface area contributed by atoms with E-state index in [0.29, 0.717) is 51.7 Å². The number of rotatable bonds is 49. The molecule has 5 rings (SSSR count). The molecule has 1 saturated carbocycles. The molecule has 28 heteroatoms. The molecule has 500 valence electrons.